The molecule has 0 saturated carbocycles. The molecule has 0 aliphatic rings. The number of hydrogen-bond donors (Lipinski definition) is 3. The Morgan fingerprint density at radius 1 is 0.389 bits per heavy atom. The molecular weight excluding hydrogens is 667 g/mol. The molecule has 0 spiro atoms. The van der Waals surface area contributed by atoms with Crippen LogP contribution in [0.15, 0.2) is 36.4 Å². The average Bonchev–Trinajstić information content (AvgIpc) is 2.65. The molecule has 0 aliphatic carbocycles. The summed E-state index contributed by atoms with van der Waals surface area (Å²) in [7, 11) is 0. The first-order valence-electron chi connectivity index (χ1n) is 8.70. The first-order chi connectivity index (χ1) is 16.6. The number of benzene rings is 3. The summed E-state index contributed by atoms with van der Waals surface area (Å²) in [5.41, 5.74) is -0.367. The van der Waals surface area contributed by atoms with Gasteiger partial charge in [-0.2, -0.15) is 0 Å². The van der Waals surface area contributed by atoms with Crippen molar-refractivity contribution >= 4 is 122 Å². The van der Waals surface area contributed by atoms with E-state index < -0.39 is 17.9 Å². The molecular formula is C21H9Cl9O6. The largest absolute Gasteiger partial charge is 0.478 e. The van der Waals surface area contributed by atoms with Gasteiger partial charge in [-0.3, -0.25) is 0 Å². The van der Waals surface area contributed by atoms with Crippen LogP contribution in [0.25, 0.3) is 0 Å². The predicted molar refractivity (Wildman–Crippen MR) is 145 cm³/mol. The Hall–Kier alpha value is -1.32. The summed E-state index contributed by atoms with van der Waals surface area (Å²) < 4.78 is 0. The van der Waals surface area contributed by atoms with Crippen molar-refractivity contribution in [1.82, 2.24) is 0 Å². The van der Waals surface area contributed by atoms with Crippen LogP contribution in [-0.4, -0.2) is 33.2 Å². The number of carboxylic acid groups (broad SMARTS) is 3. The maximum Gasteiger partial charge on any atom is 0.338 e. The van der Waals surface area contributed by atoms with E-state index in [0.29, 0.717) is 15.1 Å². The lowest BCUT2D eigenvalue weighted by Crippen LogP contribution is -1.98. The van der Waals surface area contributed by atoms with Crippen LogP contribution in [-0.2, 0) is 0 Å². The van der Waals surface area contributed by atoms with Gasteiger partial charge < -0.3 is 15.3 Å². The van der Waals surface area contributed by atoms with Gasteiger partial charge >= 0.3 is 17.9 Å². The fourth-order valence-electron chi connectivity index (χ4n) is 2.24. The molecule has 192 valence electrons. The minimum absolute atomic E-state index is 0.0417. The van der Waals surface area contributed by atoms with Crippen LogP contribution < -0.4 is 0 Å². The standard InChI is InChI=1S/3C7H3Cl3O2/c3*8-3-1-4(9)6(7(11)12)5(10)2-3/h3*1-2H,(H,11,12). The first kappa shape index (κ1) is 32.7. The number of rotatable bonds is 3. The van der Waals surface area contributed by atoms with Gasteiger partial charge in [0.25, 0.3) is 0 Å². The number of carboxylic acids is 3. The fraction of sp³-hybridized carbons (Fsp3) is 0. The van der Waals surface area contributed by atoms with Crippen molar-refractivity contribution in [3.63, 3.8) is 0 Å². The molecule has 0 unspecified atom stereocenters. The van der Waals surface area contributed by atoms with Gasteiger partial charge in [-0.05, 0) is 36.4 Å². The highest BCUT2D eigenvalue weighted by molar-refractivity contribution is 6.43. The fourth-order valence-corrected chi connectivity index (χ4v) is 5.18. The lowest BCUT2D eigenvalue weighted by atomic mass is 10.2. The molecule has 36 heavy (non-hydrogen) atoms. The lowest BCUT2D eigenvalue weighted by Gasteiger charge is -2.01. The molecule has 0 radical (unpaired) electrons. The molecule has 3 aromatic carbocycles. The monoisotopic (exact) mass is 672 g/mol. The van der Waals surface area contributed by atoms with Crippen molar-refractivity contribution in [3.8, 4) is 0 Å². The molecule has 0 fully saturated rings. The Morgan fingerprint density at radius 3 is 0.639 bits per heavy atom. The van der Waals surface area contributed by atoms with Gasteiger partial charge in [0.2, 0.25) is 0 Å². The van der Waals surface area contributed by atoms with E-state index in [9.17, 15) is 14.4 Å². The van der Waals surface area contributed by atoms with E-state index in [0.717, 1.165) is 0 Å². The molecule has 0 aromatic heterocycles. The molecule has 0 amide bonds. The van der Waals surface area contributed by atoms with E-state index in [1.165, 1.54) is 36.4 Å². The third-order valence-corrected chi connectivity index (χ3v) is 6.11. The molecule has 0 saturated heterocycles. The minimum Gasteiger partial charge on any atom is -0.478 e. The lowest BCUT2D eigenvalue weighted by molar-refractivity contribution is 0.0686. The van der Waals surface area contributed by atoms with Crippen LogP contribution in [0.4, 0.5) is 0 Å². The van der Waals surface area contributed by atoms with E-state index in [4.69, 9.17) is 120 Å². The highest BCUT2D eigenvalue weighted by Crippen LogP contribution is 2.30. The first-order valence-corrected chi connectivity index (χ1v) is 12.1. The summed E-state index contributed by atoms with van der Waals surface area (Å²) in [6.07, 6.45) is 0. The van der Waals surface area contributed by atoms with E-state index in [2.05, 4.69) is 0 Å². The SMILES string of the molecule is O=C(O)c1c(Cl)cc(Cl)cc1Cl.O=C(O)c1c(Cl)cc(Cl)cc1Cl.O=C(O)c1c(Cl)cc(Cl)cc1Cl. The molecule has 0 aliphatic heterocycles. The number of carbonyl (C=O) groups is 3. The molecule has 0 atom stereocenters. The number of aromatic carboxylic acids is 3. The Bertz CT molecular complexity index is 1100. The van der Waals surface area contributed by atoms with E-state index in [1.54, 1.807) is 0 Å². The Kier molecular flexibility index (Phi) is 13.2. The van der Waals surface area contributed by atoms with Crippen molar-refractivity contribution < 1.29 is 29.7 Å². The quantitative estimate of drug-likeness (QED) is 0.255. The smallest absolute Gasteiger partial charge is 0.338 e. The maximum atomic E-state index is 10.5. The van der Waals surface area contributed by atoms with Crippen LogP contribution in [0.1, 0.15) is 31.1 Å². The topological polar surface area (TPSA) is 112 Å². The number of halogens is 9. The third kappa shape index (κ3) is 9.53. The highest BCUT2D eigenvalue weighted by atomic mass is 35.5. The van der Waals surface area contributed by atoms with Gasteiger partial charge in [-0.15, -0.1) is 0 Å². The summed E-state index contributed by atoms with van der Waals surface area (Å²) in [5, 5.41) is 27.1. The number of hydrogen-bond acceptors (Lipinski definition) is 3. The van der Waals surface area contributed by atoms with Crippen molar-refractivity contribution in [2.24, 2.45) is 0 Å². The van der Waals surface area contributed by atoms with Gasteiger partial charge in [0.15, 0.2) is 0 Å². The normalized spacial score (nSPS) is 9.92. The van der Waals surface area contributed by atoms with Crippen molar-refractivity contribution in [3.05, 3.63) is 98.3 Å². The predicted octanol–water partition coefficient (Wildman–Crippen LogP) is 10.0. The Labute approximate surface area is 248 Å². The molecule has 3 N–H and O–H groups in total. The van der Waals surface area contributed by atoms with Crippen LogP contribution in [0, 0.1) is 0 Å². The molecule has 15 heteroatoms. The van der Waals surface area contributed by atoms with Crippen LogP contribution in [0.5, 0.6) is 0 Å². The third-order valence-electron chi connectivity index (χ3n) is 3.66. The van der Waals surface area contributed by atoms with E-state index >= 15 is 0 Å². The Morgan fingerprint density at radius 2 is 0.528 bits per heavy atom. The van der Waals surface area contributed by atoms with Gasteiger partial charge in [-0.25, -0.2) is 14.4 Å². The molecule has 3 rings (SSSR count). The van der Waals surface area contributed by atoms with Crippen LogP contribution >= 0.6 is 104 Å². The summed E-state index contributed by atoms with van der Waals surface area (Å²) >= 11 is 50.2. The maximum absolute atomic E-state index is 10.5. The van der Waals surface area contributed by atoms with Gasteiger partial charge in [0.05, 0.1) is 46.8 Å². The molecule has 0 heterocycles. The second-order valence-electron chi connectivity index (χ2n) is 6.15. The summed E-state index contributed by atoms with van der Waals surface area (Å²) in [6.45, 7) is 0. The second kappa shape index (κ2) is 14.6. The van der Waals surface area contributed by atoms with Crippen molar-refractivity contribution in [1.29, 1.82) is 0 Å². The average molecular weight is 676 g/mol. The summed E-state index contributed by atoms with van der Waals surface area (Å²) in [6, 6.07) is 7.99. The second-order valence-corrected chi connectivity index (χ2v) is 9.90. The minimum atomic E-state index is -1.17. The molecule has 6 nitrogen and oxygen atoms in total. The van der Waals surface area contributed by atoms with E-state index in [-0.39, 0.29) is 46.8 Å². The van der Waals surface area contributed by atoms with Gasteiger partial charge in [-0.1, -0.05) is 104 Å². The van der Waals surface area contributed by atoms with Gasteiger partial charge in [0, 0.05) is 15.1 Å². The van der Waals surface area contributed by atoms with E-state index in [1.807, 2.05) is 0 Å². The highest BCUT2D eigenvalue weighted by Gasteiger charge is 2.15. The summed E-state index contributed by atoms with van der Waals surface area (Å²) in [5.74, 6) is -3.50. The molecule has 3 aromatic rings. The zero-order valence-corrected chi connectivity index (χ0v) is 23.7. The Balaban J connectivity index is 0.000000270. The summed E-state index contributed by atoms with van der Waals surface area (Å²) in [4.78, 5) is 31.6. The van der Waals surface area contributed by atoms with Crippen LogP contribution in [0.2, 0.25) is 45.2 Å². The zero-order chi connectivity index (χ0) is 27.9. The van der Waals surface area contributed by atoms with Gasteiger partial charge in [0.1, 0.15) is 0 Å². The zero-order valence-electron chi connectivity index (χ0n) is 16.9. The van der Waals surface area contributed by atoms with Crippen molar-refractivity contribution in [2.75, 3.05) is 0 Å². The van der Waals surface area contributed by atoms with Crippen LogP contribution in [0.3, 0.4) is 0 Å². The van der Waals surface area contributed by atoms with Crippen molar-refractivity contribution in [2.45, 2.75) is 0 Å². The molecule has 0 bridgehead atoms.